The van der Waals surface area contributed by atoms with Crippen molar-refractivity contribution in [1.82, 2.24) is 5.32 Å². The van der Waals surface area contributed by atoms with Gasteiger partial charge in [0.25, 0.3) is 0 Å². The molecule has 0 saturated carbocycles. The lowest BCUT2D eigenvalue weighted by atomic mass is 9.97. The number of nitrogens with one attached hydrogen (secondary N) is 1. The molecule has 1 aliphatic rings. The van der Waals surface area contributed by atoms with Gasteiger partial charge in [-0.2, -0.15) is 0 Å². The second-order valence-electron chi connectivity index (χ2n) is 3.97. The van der Waals surface area contributed by atoms with Crippen molar-refractivity contribution < 1.29 is 9.50 Å². The average molecular weight is 209 g/mol. The summed E-state index contributed by atoms with van der Waals surface area (Å²) in [6.45, 7) is 1.12. The number of halogens is 1. The number of benzene rings is 1. The maximum absolute atomic E-state index is 13.2. The number of rotatable bonds is 3. The molecule has 1 heterocycles. The third-order valence-electron chi connectivity index (χ3n) is 2.92. The van der Waals surface area contributed by atoms with E-state index in [1.54, 1.807) is 12.1 Å². The summed E-state index contributed by atoms with van der Waals surface area (Å²) in [6, 6.07) is 5.10. The van der Waals surface area contributed by atoms with Crippen LogP contribution in [0.1, 0.15) is 30.0 Å². The van der Waals surface area contributed by atoms with Gasteiger partial charge in [-0.3, -0.25) is 0 Å². The van der Waals surface area contributed by atoms with Gasteiger partial charge < -0.3 is 10.4 Å². The van der Waals surface area contributed by atoms with Crippen LogP contribution in [0.4, 0.5) is 4.39 Å². The van der Waals surface area contributed by atoms with Crippen molar-refractivity contribution in [1.29, 1.82) is 0 Å². The first kappa shape index (κ1) is 10.6. The number of hydrogen-bond donors (Lipinski definition) is 2. The topological polar surface area (TPSA) is 32.3 Å². The molecule has 1 aromatic carbocycles. The van der Waals surface area contributed by atoms with Crippen LogP contribution in [0.25, 0.3) is 0 Å². The average Bonchev–Trinajstić information content (AvgIpc) is 2.74. The molecule has 82 valence electrons. The van der Waals surface area contributed by atoms with Crippen LogP contribution in [0.2, 0.25) is 0 Å². The SMILES string of the molecule is OCCc1ccc(F)cc1C1CCCN1. The highest BCUT2D eigenvalue weighted by Crippen LogP contribution is 2.27. The Kier molecular flexibility index (Phi) is 3.34. The Hall–Kier alpha value is -0.930. The molecular weight excluding hydrogens is 193 g/mol. The van der Waals surface area contributed by atoms with E-state index in [0.717, 1.165) is 30.5 Å². The standard InChI is InChI=1S/C12H16FNO/c13-10-4-3-9(5-7-15)11(8-10)12-2-1-6-14-12/h3-4,8,12,14-15H,1-2,5-7H2. The number of aliphatic hydroxyl groups excluding tert-OH is 1. The van der Waals surface area contributed by atoms with E-state index in [2.05, 4.69) is 5.32 Å². The first-order valence-electron chi connectivity index (χ1n) is 5.44. The van der Waals surface area contributed by atoms with Crippen molar-refractivity contribution in [2.24, 2.45) is 0 Å². The fourth-order valence-corrected chi connectivity index (χ4v) is 2.19. The van der Waals surface area contributed by atoms with E-state index in [0.29, 0.717) is 6.42 Å². The lowest BCUT2D eigenvalue weighted by Crippen LogP contribution is -2.15. The highest BCUT2D eigenvalue weighted by molar-refractivity contribution is 5.31. The third-order valence-corrected chi connectivity index (χ3v) is 2.92. The first-order valence-corrected chi connectivity index (χ1v) is 5.44. The van der Waals surface area contributed by atoms with Crippen molar-refractivity contribution in [3.63, 3.8) is 0 Å². The fraction of sp³-hybridized carbons (Fsp3) is 0.500. The molecule has 0 radical (unpaired) electrons. The Bertz CT molecular complexity index is 334. The highest BCUT2D eigenvalue weighted by Gasteiger charge is 2.19. The summed E-state index contributed by atoms with van der Waals surface area (Å²) in [6.07, 6.45) is 2.80. The quantitative estimate of drug-likeness (QED) is 0.795. The smallest absolute Gasteiger partial charge is 0.123 e. The van der Waals surface area contributed by atoms with E-state index in [4.69, 9.17) is 5.11 Å². The second-order valence-corrected chi connectivity index (χ2v) is 3.97. The molecule has 3 heteroatoms. The summed E-state index contributed by atoms with van der Waals surface area (Å²) < 4.78 is 13.2. The second kappa shape index (κ2) is 4.73. The van der Waals surface area contributed by atoms with Gasteiger partial charge in [-0.25, -0.2) is 4.39 Å². The highest BCUT2D eigenvalue weighted by atomic mass is 19.1. The van der Waals surface area contributed by atoms with E-state index in [9.17, 15) is 4.39 Å². The van der Waals surface area contributed by atoms with Crippen LogP contribution in [0.3, 0.4) is 0 Å². The van der Waals surface area contributed by atoms with Gasteiger partial charge in [0.2, 0.25) is 0 Å². The molecule has 1 unspecified atom stereocenters. The monoisotopic (exact) mass is 209 g/mol. The summed E-state index contributed by atoms with van der Waals surface area (Å²) in [4.78, 5) is 0. The molecule has 2 rings (SSSR count). The lowest BCUT2D eigenvalue weighted by Gasteiger charge is -2.15. The molecule has 1 atom stereocenters. The van der Waals surface area contributed by atoms with Gasteiger partial charge in [0.05, 0.1) is 0 Å². The fourth-order valence-electron chi connectivity index (χ4n) is 2.19. The molecule has 0 aromatic heterocycles. The Morgan fingerprint density at radius 1 is 1.47 bits per heavy atom. The molecule has 1 fully saturated rings. The molecule has 0 aliphatic carbocycles. The Morgan fingerprint density at radius 3 is 3.00 bits per heavy atom. The van der Waals surface area contributed by atoms with Gasteiger partial charge in [-0.05, 0) is 49.1 Å². The summed E-state index contributed by atoms with van der Waals surface area (Å²) in [5.41, 5.74) is 2.07. The summed E-state index contributed by atoms with van der Waals surface area (Å²) in [5.74, 6) is -0.194. The first-order chi connectivity index (χ1) is 7.31. The largest absolute Gasteiger partial charge is 0.396 e. The van der Waals surface area contributed by atoms with Crippen LogP contribution in [0.15, 0.2) is 18.2 Å². The van der Waals surface area contributed by atoms with Gasteiger partial charge in [-0.1, -0.05) is 6.07 Å². The van der Waals surface area contributed by atoms with Crippen LogP contribution in [0.5, 0.6) is 0 Å². The van der Waals surface area contributed by atoms with Crippen molar-refractivity contribution in [2.75, 3.05) is 13.2 Å². The zero-order valence-electron chi connectivity index (χ0n) is 8.67. The van der Waals surface area contributed by atoms with E-state index < -0.39 is 0 Å². The van der Waals surface area contributed by atoms with Crippen LogP contribution in [-0.4, -0.2) is 18.3 Å². The van der Waals surface area contributed by atoms with Gasteiger partial charge in [-0.15, -0.1) is 0 Å². The van der Waals surface area contributed by atoms with Gasteiger partial charge in [0.15, 0.2) is 0 Å². The van der Waals surface area contributed by atoms with Crippen molar-refractivity contribution in [2.45, 2.75) is 25.3 Å². The Balaban J connectivity index is 2.28. The zero-order chi connectivity index (χ0) is 10.7. The Labute approximate surface area is 89.1 Å². The van der Waals surface area contributed by atoms with E-state index in [1.807, 2.05) is 0 Å². The van der Waals surface area contributed by atoms with Crippen LogP contribution in [-0.2, 0) is 6.42 Å². The van der Waals surface area contributed by atoms with E-state index in [1.165, 1.54) is 6.07 Å². The minimum absolute atomic E-state index is 0.116. The molecule has 1 aliphatic heterocycles. The molecule has 0 amide bonds. The maximum atomic E-state index is 13.2. The molecule has 15 heavy (non-hydrogen) atoms. The molecule has 1 aromatic rings. The summed E-state index contributed by atoms with van der Waals surface area (Å²) in [5, 5.41) is 12.3. The third kappa shape index (κ3) is 2.36. The maximum Gasteiger partial charge on any atom is 0.123 e. The minimum Gasteiger partial charge on any atom is -0.396 e. The Morgan fingerprint density at radius 2 is 2.33 bits per heavy atom. The molecular formula is C12H16FNO. The van der Waals surface area contributed by atoms with E-state index >= 15 is 0 Å². The van der Waals surface area contributed by atoms with Gasteiger partial charge in [0.1, 0.15) is 5.82 Å². The summed E-state index contributed by atoms with van der Waals surface area (Å²) in [7, 11) is 0. The van der Waals surface area contributed by atoms with Gasteiger partial charge in [0, 0.05) is 12.6 Å². The van der Waals surface area contributed by atoms with Crippen molar-refractivity contribution >= 4 is 0 Å². The number of hydrogen-bond acceptors (Lipinski definition) is 2. The normalized spacial score (nSPS) is 20.8. The molecule has 0 spiro atoms. The molecule has 2 N–H and O–H groups in total. The molecule has 0 bridgehead atoms. The van der Waals surface area contributed by atoms with Crippen molar-refractivity contribution in [3.05, 3.63) is 35.1 Å². The molecule has 2 nitrogen and oxygen atoms in total. The predicted molar refractivity (Wildman–Crippen MR) is 57.2 cm³/mol. The number of aliphatic hydroxyl groups is 1. The van der Waals surface area contributed by atoms with Crippen LogP contribution >= 0.6 is 0 Å². The van der Waals surface area contributed by atoms with Crippen molar-refractivity contribution in [3.8, 4) is 0 Å². The predicted octanol–water partition coefficient (Wildman–Crippen LogP) is 1.78. The molecule has 1 saturated heterocycles. The zero-order valence-corrected chi connectivity index (χ0v) is 8.67. The minimum atomic E-state index is -0.194. The lowest BCUT2D eigenvalue weighted by molar-refractivity contribution is 0.299. The van der Waals surface area contributed by atoms with Crippen LogP contribution < -0.4 is 5.32 Å². The van der Waals surface area contributed by atoms with Crippen LogP contribution in [0, 0.1) is 5.82 Å². The summed E-state index contributed by atoms with van der Waals surface area (Å²) >= 11 is 0. The van der Waals surface area contributed by atoms with E-state index in [-0.39, 0.29) is 18.5 Å². The van der Waals surface area contributed by atoms with Gasteiger partial charge >= 0.3 is 0 Å².